The average Bonchev–Trinajstić information content (AvgIpc) is 3.07. The topological polar surface area (TPSA) is 38.8 Å². The van der Waals surface area contributed by atoms with Crippen molar-refractivity contribution in [1.29, 1.82) is 0 Å². The first-order valence-corrected chi connectivity index (χ1v) is 11.5. The van der Waals surface area contributed by atoms with Gasteiger partial charge in [0.05, 0.1) is 17.7 Å². The second kappa shape index (κ2) is 9.96. The molecule has 3 aromatic rings. The molecule has 8 heteroatoms. The lowest BCUT2D eigenvalue weighted by atomic mass is 10.1. The quantitative estimate of drug-likeness (QED) is 0.269. The fourth-order valence-corrected chi connectivity index (χ4v) is 4.84. The number of benzene rings is 3. The van der Waals surface area contributed by atoms with Crippen molar-refractivity contribution in [3.8, 4) is 11.5 Å². The first-order valence-electron chi connectivity index (χ1n) is 9.54. The Kier molecular flexibility index (Phi) is 7.06. The fourth-order valence-electron chi connectivity index (χ4n) is 3.09. The lowest BCUT2D eigenvalue weighted by molar-refractivity contribution is -0.113. The van der Waals surface area contributed by atoms with Crippen molar-refractivity contribution < 1.29 is 14.3 Å². The van der Waals surface area contributed by atoms with Gasteiger partial charge in [0.2, 0.25) is 0 Å². The number of thioether (sulfide) groups is 1. The summed E-state index contributed by atoms with van der Waals surface area (Å²) in [7, 11) is 1.59. The first kappa shape index (κ1) is 22.7. The van der Waals surface area contributed by atoms with Crippen molar-refractivity contribution in [2.75, 3.05) is 12.0 Å². The highest BCUT2D eigenvalue weighted by molar-refractivity contribution is 8.27. The van der Waals surface area contributed by atoms with E-state index in [2.05, 4.69) is 0 Å². The molecule has 4 nitrogen and oxygen atoms in total. The van der Waals surface area contributed by atoms with Crippen LogP contribution in [0.1, 0.15) is 11.1 Å². The molecular weight excluding hydrogens is 485 g/mol. The minimum atomic E-state index is -0.180. The van der Waals surface area contributed by atoms with Gasteiger partial charge in [0, 0.05) is 21.2 Å². The van der Waals surface area contributed by atoms with Crippen molar-refractivity contribution in [2.45, 2.75) is 6.61 Å². The third-order valence-corrected chi connectivity index (χ3v) is 6.62. The van der Waals surface area contributed by atoms with Gasteiger partial charge < -0.3 is 9.47 Å². The number of para-hydroxylation sites is 1. The molecule has 0 atom stereocenters. The summed E-state index contributed by atoms with van der Waals surface area (Å²) in [6.07, 6.45) is 1.79. The smallest absolute Gasteiger partial charge is 0.270 e. The van der Waals surface area contributed by atoms with Crippen molar-refractivity contribution in [2.24, 2.45) is 0 Å². The Morgan fingerprint density at radius 1 is 1.06 bits per heavy atom. The number of halogens is 2. The number of anilines is 1. The summed E-state index contributed by atoms with van der Waals surface area (Å²) >= 11 is 18.9. The molecular formula is C24H17Cl2NO3S2. The standard InChI is InChI=1S/C24H17Cl2NO3S2/c1-29-19-10-8-18(9-11-19)27-23(28)22(32-24(27)31)12-15-4-2-3-5-21(15)30-14-16-6-7-17(25)13-20(16)26/h2-13H,14H2,1H3. The van der Waals surface area contributed by atoms with Crippen LogP contribution >= 0.6 is 47.2 Å². The van der Waals surface area contributed by atoms with E-state index in [0.717, 1.165) is 11.1 Å². The van der Waals surface area contributed by atoms with Gasteiger partial charge in [-0.1, -0.05) is 71.4 Å². The number of rotatable bonds is 6. The summed E-state index contributed by atoms with van der Waals surface area (Å²) in [6, 6.07) is 20.0. The molecule has 1 heterocycles. The molecule has 0 bridgehead atoms. The van der Waals surface area contributed by atoms with Gasteiger partial charge in [-0.3, -0.25) is 9.69 Å². The highest BCUT2D eigenvalue weighted by atomic mass is 35.5. The van der Waals surface area contributed by atoms with Gasteiger partial charge in [0.25, 0.3) is 5.91 Å². The zero-order valence-electron chi connectivity index (χ0n) is 16.9. The molecule has 32 heavy (non-hydrogen) atoms. The number of carbonyl (C=O) groups excluding carboxylic acids is 1. The molecule has 1 aliphatic heterocycles. The summed E-state index contributed by atoms with van der Waals surface area (Å²) in [5.41, 5.74) is 2.28. The number of hydrogen-bond donors (Lipinski definition) is 0. The van der Waals surface area contributed by atoms with Crippen LogP contribution in [0.15, 0.2) is 71.6 Å². The third-order valence-electron chi connectivity index (χ3n) is 4.73. The zero-order chi connectivity index (χ0) is 22.7. The van der Waals surface area contributed by atoms with Crippen molar-refractivity contribution >= 4 is 69.2 Å². The molecule has 162 valence electrons. The number of carbonyl (C=O) groups is 1. The van der Waals surface area contributed by atoms with Crippen LogP contribution in [0.4, 0.5) is 5.69 Å². The Balaban J connectivity index is 1.56. The third kappa shape index (κ3) is 4.94. The Hall–Kier alpha value is -2.51. The maximum absolute atomic E-state index is 13.1. The summed E-state index contributed by atoms with van der Waals surface area (Å²) in [6.45, 7) is 0.271. The van der Waals surface area contributed by atoms with E-state index in [9.17, 15) is 4.79 Å². The predicted octanol–water partition coefficient (Wildman–Crippen LogP) is 6.99. The molecule has 0 aromatic heterocycles. The predicted molar refractivity (Wildman–Crippen MR) is 136 cm³/mol. The number of hydrogen-bond acceptors (Lipinski definition) is 5. The van der Waals surface area contributed by atoms with E-state index in [1.807, 2.05) is 30.3 Å². The molecule has 0 unspecified atom stereocenters. The van der Waals surface area contributed by atoms with Crippen molar-refractivity contribution in [3.05, 3.63) is 92.8 Å². The van der Waals surface area contributed by atoms with Crippen molar-refractivity contribution in [1.82, 2.24) is 0 Å². The molecule has 0 spiro atoms. The van der Waals surface area contributed by atoms with Crippen LogP contribution < -0.4 is 14.4 Å². The van der Waals surface area contributed by atoms with E-state index < -0.39 is 0 Å². The second-order valence-corrected chi connectivity index (χ2v) is 9.30. The van der Waals surface area contributed by atoms with Crippen LogP contribution in [0.3, 0.4) is 0 Å². The second-order valence-electron chi connectivity index (χ2n) is 6.78. The highest BCUT2D eigenvalue weighted by Gasteiger charge is 2.33. The van der Waals surface area contributed by atoms with E-state index in [4.69, 9.17) is 44.9 Å². The largest absolute Gasteiger partial charge is 0.497 e. The molecule has 0 N–H and O–H groups in total. The summed E-state index contributed by atoms with van der Waals surface area (Å²) in [5, 5.41) is 1.10. The molecule has 1 amide bonds. The average molecular weight is 502 g/mol. The van der Waals surface area contributed by atoms with Crippen LogP contribution in [0, 0.1) is 0 Å². The number of ether oxygens (including phenoxy) is 2. The molecule has 0 aliphatic carbocycles. The Morgan fingerprint density at radius 2 is 1.81 bits per heavy atom. The van der Waals surface area contributed by atoms with Crippen LogP contribution in [0.25, 0.3) is 6.08 Å². The molecule has 1 saturated heterocycles. The first-order chi connectivity index (χ1) is 15.5. The van der Waals surface area contributed by atoms with E-state index >= 15 is 0 Å². The van der Waals surface area contributed by atoms with Gasteiger partial charge in [0.15, 0.2) is 4.32 Å². The number of methoxy groups -OCH3 is 1. The molecule has 0 saturated carbocycles. The number of thiocarbonyl (C=S) groups is 1. The monoisotopic (exact) mass is 501 g/mol. The van der Waals surface area contributed by atoms with E-state index in [1.54, 1.807) is 49.6 Å². The molecule has 3 aromatic carbocycles. The van der Waals surface area contributed by atoms with Gasteiger partial charge in [-0.05, 0) is 48.5 Å². The minimum absolute atomic E-state index is 0.180. The van der Waals surface area contributed by atoms with Crippen LogP contribution in [0.2, 0.25) is 10.0 Å². The van der Waals surface area contributed by atoms with Crippen molar-refractivity contribution in [3.63, 3.8) is 0 Å². The van der Waals surface area contributed by atoms with E-state index in [-0.39, 0.29) is 12.5 Å². The molecule has 1 aliphatic rings. The van der Waals surface area contributed by atoms with Gasteiger partial charge >= 0.3 is 0 Å². The molecule has 1 fully saturated rings. The summed E-state index contributed by atoms with van der Waals surface area (Å²) in [4.78, 5) is 15.1. The van der Waals surface area contributed by atoms with Gasteiger partial charge in [-0.15, -0.1) is 0 Å². The van der Waals surface area contributed by atoms with Gasteiger partial charge in [-0.2, -0.15) is 0 Å². The number of nitrogens with zero attached hydrogens (tertiary/aromatic N) is 1. The normalized spacial score (nSPS) is 14.8. The SMILES string of the molecule is COc1ccc(N2C(=O)C(=Cc3ccccc3OCc3ccc(Cl)cc3Cl)SC2=S)cc1. The lowest BCUT2D eigenvalue weighted by Crippen LogP contribution is -2.27. The van der Waals surface area contributed by atoms with Crippen LogP contribution in [-0.2, 0) is 11.4 Å². The Morgan fingerprint density at radius 3 is 2.53 bits per heavy atom. The van der Waals surface area contributed by atoms with E-state index in [1.165, 1.54) is 16.7 Å². The van der Waals surface area contributed by atoms with Crippen LogP contribution in [0.5, 0.6) is 11.5 Å². The number of amides is 1. The summed E-state index contributed by atoms with van der Waals surface area (Å²) < 4.78 is 11.7. The summed E-state index contributed by atoms with van der Waals surface area (Å²) in [5.74, 6) is 1.16. The minimum Gasteiger partial charge on any atom is -0.497 e. The Labute approximate surface area is 205 Å². The Bertz CT molecular complexity index is 1210. The lowest BCUT2D eigenvalue weighted by Gasteiger charge is -2.14. The fraction of sp³-hybridized carbons (Fsp3) is 0.0833. The van der Waals surface area contributed by atoms with Gasteiger partial charge in [-0.25, -0.2) is 0 Å². The zero-order valence-corrected chi connectivity index (χ0v) is 20.0. The van der Waals surface area contributed by atoms with Gasteiger partial charge in [0.1, 0.15) is 18.1 Å². The highest BCUT2D eigenvalue weighted by Crippen LogP contribution is 2.37. The van der Waals surface area contributed by atoms with Crippen LogP contribution in [-0.4, -0.2) is 17.3 Å². The maximum atomic E-state index is 13.1. The molecule has 0 radical (unpaired) electrons. The maximum Gasteiger partial charge on any atom is 0.270 e. The molecule has 4 rings (SSSR count). The van der Waals surface area contributed by atoms with E-state index in [0.29, 0.717) is 36.5 Å².